The van der Waals surface area contributed by atoms with Gasteiger partial charge in [-0.25, -0.2) is 0 Å². The molecular formula is C17H24N4O3. The van der Waals surface area contributed by atoms with E-state index in [1.807, 2.05) is 45.3 Å². The van der Waals surface area contributed by atoms with Gasteiger partial charge in [-0.3, -0.25) is 4.79 Å². The normalized spacial score (nSPS) is 12.2. The zero-order valence-corrected chi connectivity index (χ0v) is 14.6. The molecule has 0 fully saturated rings. The number of nitrogens with zero attached hydrogens (tertiary/aromatic N) is 3. The molecule has 0 aliphatic rings. The molecule has 0 bridgehead atoms. The van der Waals surface area contributed by atoms with Crippen LogP contribution in [-0.2, 0) is 11.2 Å². The van der Waals surface area contributed by atoms with Crippen molar-refractivity contribution >= 4 is 5.91 Å². The molecule has 1 aromatic carbocycles. The largest absolute Gasteiger partial charge is 0.494 e. The molecule has 130 valence electrons. The number of amides is 1. The van der Waals surface area contributed by atoms with E-state index in [4.69, 9.17) is 9.26 Å². The Hall–Kier alpha value is -2.41. The predicted molar refractivity (Wildman–Crippen MR) is 89.8 cm³/mol. The van der Waals surface area contributed by atoms with E-state index in [0.717, 1.165) is 11.3 Å². The number of hydrogen-bond acceptors (Lipinski definition) is 6. The van der Waals surface area contributed by atoms with E-state index < -0.39 is 0 Å². The minimum Gasteiger partial charge on any atom is -0.494 e. The van der Waals surface area contributed by atoms with Gasteiger partial charge in [-0.05, 0) is 38.7 Å². The van der Waals surface area contributed by atoms with Gasteiger partial charge in [-0.2, -0.15) is 4.98 Å². The van der Waals surface area contributed by atoms with Crippen LogP contribution >= 0.6 is 0 Å². The van der Waals surface area contributed by atoms with Crippen molar-refractivity contribution in [2.45, 2.75) is 26.3 Å². The molecule has 0 aliphatic heterocycles. The van der Waals surface area contributed by atoms with Crippen LogP contribution in [0, 0.1) is 6.92 Å². The summed E-state index contributed by atoms with van der Waals surface area (Å²) >= 11 is 0. The number of benzene rings is 1. The minimum absolute atomic E-state index is 0.0663. The van der Waals surface area contributed by atoms with Crippen LogP contribution in [-0.4, -0.2) is 48.2 Å². The highest BCUT2D eigenvalue weighted by Crippen LogP contribution is 2.21. The Morgan fingerprint density at radius 1 is 1.33 bits per heavy atom. The van der Waals surface area contributed by atoms with E-state index in [9.17, 15) is 4.79 Å². The molecule has 24 heavy (non-hydrogen) atoms. The number of aryl methyl sites for hydroxylation is 1. The third-order valence-electron chi connectivity index (χ3n) is 3.58. The number of carbonyl (C=O) groups is 1. The van der Waals surface area contributed by atoms with E-state index in [-0.39, 0.29) is 18.4 Å². The second-order valence-corrected chi connectivity index (χ2v) is 5.69. The first kappa shape index (κ1) is 17.9. The van der Waals surface area contributed by atoms with Crippen molar-refractivity contribution in [2.75, 3.05) is 27.2 Å². The van der Waals surface area contributed by atoms with Gasteiger partial charge in [0.1, 0.15) is 5.75 Å². The summed E-state index contributed by atoms with van der Waals surface area (Å²) in [6.07, 6.45) is 0.112. The fourth-order valence-corrected chi connectivity index (χ4v) is 2.38. The molecule has 1 heterocycles. The predicted octanol–water partition coefficient (Wildman–Crippen LogP) is 1.74. The van der Waals surface area contributed by atoms with Gasteiger partial charge in [0.15, 0.2) is 5.82 Å². The van der Waals surface area contributed by atoms with Crippen molar-refractivity contribution in [3.8, 4) is 5.75 Å². The standard InChI is InChI=1S/C17H24N4O3/c1-5-23-14-8-6-13(7-9-14)15(21(3)4)11-18-17(22)10-16-19-12(2)24-20-16/h6-9,15H,5,10-11H2,1-4H3,(H,18,22). The van der Waals surface area contributed by atoms with Crippen molar-refractivity contribution in [3.05, 3.63) is 41.5 Å². The van der Waals surface area contributed by atoms with Gasteiger partial charge >= 0.3 is 0 Å². The molecule has 1 N–H and O–H groups in total. The quantitative estimate of drug-likeness (QED) is 0.793. The number of ether oxygens (including phenoxy) is 1. The minimum atomic E-state index is -0.131. The van der Waals surface area contributed by atoms with E-state index in [1.165, 1.54) is 0 Å². The lowest BCUT2D eigenvalue weighted by Crippen LogP contribution is -2.35. The SMILES string of the molecule is CCOc1ccc(C(CNC(=O)Cc2noc(C)n2)N(C)C)cc1. The van der Waals surface area contributed by atoms with Gasteiger partial charge in [0.2, 0.25) is 11.8 Å². The van der Waals surface area contributed by atoms with Gasteiger partial charge in [-0.1, -0.05) is 17.3 Å². The van der Waals surface area contributed by atoms with E-state index >= 15 is 0 Å². The van der Waals surface area contributed by atoms with Crippen LogP contribution in [0.15, 0.2) is 28.8 Å². The molecule has 1 unspecified atom stereocenters. The Bertz CT molecular complexity index is 652. The average Bonchev–Trinajstić information content (AvgIpc) is 2.94. The molecule has 0 aliphatic carbocycles. The first-order chi connectivity index (χ1) is 11.5. The maximum Gasteiger partial charge on any atom is 0.227 e. The molecular weight excluding hydrogens is 308 g/mol. The van der Waals surface area contributed by atoms with Gasteiger partial charge in [0.05, 0.1) is 19.1 Å². The lowest BCUT2D eigenvalue weighted by molar-refractivity contribution is -0.120. The number of nitrogens with one attached hydrogen (secondary N) is 1. The molecule has 0 radical (unpaired) electrons. The van der Waals surface area contributed by atoms with Gasteiger partial charge in [0.25, 0.3) is 0 Å². The Morgan fingerprint density at radius 3 is 2.58 bits per heavy atom. The highest BCUT2D eigenvalue weighted by atomic mass is 16.5. The molecule has 0 saturated heterocycles. The molecule has 1 aromatic heterocycles. The topological polar surface area (TPSA) is 80.5 Å². The van der Waals surface area contributed by atoms with Crippen LogP contribution in [0.4, 0.5) is 0 Å². The van der Waals surface area contributed by atoms with Crippen LogP contribution in [0.1, 0.15) is 30.2 Å². The Kier molecular flexibility index (Phi) is 6.31. The zero-order valence-electron chi connectivity index (χ0n) is 14.6. The van der Waals surface area contributed by atoms with Crippen LogP contribution in [0.25, 0.3) is 0 Å². The zero-order chi connectivity index (χ0) is 17.5. The van der Waals surface area contributed by atoms with E-state index in [2.05, 4.69) is 20.4 Å². The molecule has 1 atom stereocenters. The van der Waals surface area contributed by atoms with Crippen molar-refractivity contribution < 1.29 is 14.1 Å². The van der Waals surface area contributed by atoms with Crippen LogP contribution < -0.4 is 10.1 Å². The van der Waals surface area contributed by atoms with Crippen LogP contribution in [0.5, 0.6) is 5.75 Å². The molecule has 2 rings (SSSR count). The van der Waals surface area contributed by atoms with E-state index in [0.29, 0.717) is 24.9 Å². The van der Waals surface area contributed by atoms with Crippen molar-refractivity contribution in [3.63, 3.8) is 0 Å². The summed E-state index contributed by atoms with van der Waals surface area (Å²) in [6, 6.07) is 7.99. The lowest BCUT2D eigenvalue weighted by atomic mass is 10.1. The molecule has 7 nitrogen and oxygen atoms in total. The Labute approximate surface area is 142 Å². The number of rotatable bonds is 8. The molecule has 2 aromatic rings. The first-order valence-electron chi connectivity index (χ1n) is 7.94. The summed E-state index contributed by atoms with van der Waals surface area (Å²) < 4.78 is 10.3. The van der Waals surface area contributed by atoms with E-state index in [1.54, 1.807) is 6.92 Å². The highest BCUT2D eigenvalue weighted by molar-refractivity contribution is 5.77. The maximum atomic E-state index is 12.0. The summed E-state index contributed by atoms with van der Waals surface area (Å²) in [5.74, 6) is 1.56. The third kappa shape index (κ3) is 5.06. The Morgan fingerprint density at radius 2 is 2.04 bits per heavy atom. The monoisotopic (exact) mass is 332 g/mol. The fraction of sp³-hybridized carbons (Fsp3) is 0.471. The second-order valence-electron chi connectivity index (χ2n) is 5.69. The summed E-state index contributed by atoms with van der Waals surface area (Å²) in [5.41, 5.74) is 1.11. The van der Waals surface area contributed by atoms with Crippen molar-refractivity contribution in [1.82, 2.24) is 20.4 Å². The van der Waals surface area contributed by atoms with Gasteiger partial charge in [0, 0.05) is 13.5 Å². The third-order valence-corrected chi connectivity index (χ3v) is 3.58. The second kappa shape index (κ2) is 8.44. The highest BCUT2D eigenvalue weighted by Gasteiger charge is 2.16. The molecule has 7 heteroatoms. The molecule has 1 amide bonds. The van der Waals surface area contributed by atoms with Crippen molar-refractivity contribution in [2.24, 2.45) is 0 Å². The molecule has 0 spiro atoms. The van der Waals surface area contributed by atoms with Crippen molar-refractivity contribution in [1.29, 1.82) is 0 Å². The van der Waals surface area contributed by atoms with Crippen LogP contribution in [0.2, 0.25) is 0 Å². The smallest absolute Gasteiger partial charge is 0.227 e. The number of likely N-dealkylation sites (N-methyl/N-ethyl adjacent to an activating group) is 1. The summed E-state index contributed by atoms with van der Waals surface area (Å²) in [5, 5.41) is 6.66. The number of hydrogen-bond donors (Lipinski definition) is 1. The number of aromatic nitrogens is 2. The maximum absolute atomic E-state index is 12.0. The molecule has 0 saturated carbocycles. The average molecular weight is 332 g/mol. The van der Waals surface area contributed by atoms with Crippen LogP contribution in [0.3, 0.4) is 0 Å². The van der Waals surface area contributed by atoms with Gasteiger partial charge < -0.3 is 19.5 Å². The summed E-state index contributed by atoms with van der Waals surface area (Å²) in [7, 11) is 3.96. The number of carbonyl (C=O) groups excluding carboxylic acids is 1. The lowest BCUT2D eigenvalue weighted by Gasteiger charge is -2.25. The first-order valence-corrected chi connectivity index (χ1v) is 7.94. The fourth-order valence-electron chi connectivity index (χ4n) is 2.38. The Balaban J connectivity index is 1.94. The summed E-state index contributed by atoms with van der Waals surface area (Å²) in [4.78, 5) is 18.1. The van der Waals surface area contributed by atoms with Gasteiger partial charge in [-0.15, -0.1) is 0 Å². The summed E-state index contributed by atoms with van der Waals surface area (Å²) in [6.45, 7) is 4.79.